The number of nitrogens with one attached hydrogen (secondary N) is 2. The number of amides is 3. The maximum atomic E-state index is 13.3. The average Bonchev–Trinajstić information content (AvgIpc) is 3.73. The first kappa shape index (κ1) is 24.4. The Hall–Kier alpha value is -4.41. The standard InChI is InChI=1S/C31H29N5O5/c37-21-15-35-19-9-3-1-7-17(19)23-25-26(30(39)33-29(25)38)24-18-8-2-4-10-20(18)36(28(24)27(23)35)16-22(21)41-31(40)32-11-14-34-12-5-6-13-34/h1-4,7-10,21-22,37H,5-6,11-16H2,(H,32,40)(H,33,38,39). The molecule has 3 N–H and O–H groups in total. The predicted octanol–water partition coefficient (Wildman–Crippen LogP) is 3.35. The molecule has 0 bridgehead atoms. The zero-order valence-electron chi connectivity index (χ0n) is 22.4. The molecule has 10 nitrogen and oxygen atoms in total. The van der Waals surface area contributed by atoms with E-state index in [0.29, 0.717) is 28.4 Å². The van der Waals surface area contributed by atoms with Crippen molar-refractivity contribution < 1.29 is 24.2 Å². The number of benzene rings is 3. The number of para-hydroxylation sites is 2. The number of carbonyl (C=O) groups is 3. The number of ether oxygens (including phenoxy) is 1. The van der Waals surface area contributed by atoms with Gasteiger partial charge < -0.3 is 29.2 Å². The molecular formula is C31H29N5O5. The van der Waals surface area contributed by atoms with Crippen LogP contribution in [0.15, 0.2) is 48.5 Å². The molecule has 8 rings (SSSR count). The van der Waals surface area contributed by atoms with E-state index in [1.165, 1.54) is 12.8 Å². The molecule has 0 radical (unpaired) electrons. The highest BCUT2D eigenvalue weighted by Gasteiger charge is 2.39. The van der Waals surface area contributed by atoms with Crippen LogP contribution in [0.25, 0.3) is 43.6 Å². The molecule has 3 aromatic carbocycles. The Balaban J connectivity index is 1.32. The van der Waals surface area contributed by atoms with Crippen LogP contribution in [0.4, 0.5) is 4.79 Å². The van der Waals surface area contributed by atoms with Gasteiger partial charge in [0.2, 0.25) is 0 Å². The first-order valence-electron chi connectivity index (χ1n) is 14.2. The lowest BCUT2D eigenvalue weighted by molar-refractivity contribution is -0.0124. The molecule has 1 fully saturated rings. The van der Waals surface area contributed by atoms with Gasteiger partial charge in [0, 0.05) is 45.7 Å². The van der Waals surface area contributed by atoms with Crippen molar-refractivity contribution in [1.82, 2.24) is 24.7 Å². The number of likely N-dealkylation sites (tertiary alicyclic amines) is 1. The van der Waals surface area contributed by atoms with Crippen molar-refractivity contribution in [3.05, 3.63) is 59.7 Å². The van der Waals surface area contributed by atoms with Crippen LogP contribution in [0.2, 0.25) is 0 Å². The summed E-state index contributed by atoms with van der Waals surface area (Å²) in [7, 11) is 0. The van der Waals surface area contributed by atoms with Crippen molar-refractivity contribution in [2.24, 2.45) is 0 Å². The van der Waals surface area contributed by atoms with Crippen molar-refractivity contribution in [1.29, 1.82) is 0 Å². The molecule has 3 aliphatic rings. The number of imide groups is 1. The van der Waals surface area contributed by atoms with E-state index in [4.69, 9.17) is 4.74 Å². The van der Waals surface area contributed by atoms with Gasteiger partial charge in [-0.15, -0.1) is 0 Å². The normalized spacial score (nSPS) is 20.7. The van der Waals surface area contributed by atoms with Crippen LogP contribution >= 0.6 is 0 Å². The number of aliphatic hydroxyl groups is 1. The van der Waals surface area contributed by atoms with Crippen molar-refractivity contribution in [2.75, 3.05) is 26.2 Å². The number of nitrogens with zero attached hydrogens (tertiary/aromatic N) is 3. The molecule has 3 aliphatic heterocycles. The number of aliphatic hydroxyl groups excluding tert-OH is 1. The van der Waals surface area contributed by atoms with E-state index in [2.05, 4.69) is 15.5 Å². The van der Waals surface area contributed by atoms with Gasteiger partial charge >= 0.3 is 6.09 Å². The van der Waals surface area contributed by atoms with Crippen molar-refractivity contribution in [3.8, 4) is 0 Å². The zero-order chi connectivity index (χ0) is 27.8. The maximum Gasteiger partial charge on any atom is 0.407 e. The molecule has 0 aliphatic carbocycles. The largest absolute Gasteiger partial charge is 0.441 e. The number of hydrogen-bond acceptors (Lipinski definition) is 6. The van der Waals surface area contributed by atoms with Gasteiger partial charge in [0.15, 0.2) is 0 Å². The first-order valence-corrected chi connectivity index (χ1v) is 14.2. The molecular weight excluding hydrogens is 522 g/mol. The van der Waals surface area contributed by atoms with E-state index in [1.807, 2.05) is 57.7 Å². The molecule has 10 heteroatoms. The number of aromatic nitrogens is 2. The third-order valence-electron chi connectivity index (χ3n) is 8.91. The summed E-state index contributed by atoms with van der Waals surface area (Å²) >= 11 is 0. The van der Waals surface area contributed by atoms with Gasteiger partial charge in [0.1, 0.15) is 12.2 Å². The molecule has 0 saturated carbocycles. The van der Waals surface area contributed by atoms with Crippen LogP contribution in [-0.4, -0.2) is 75.4 Å². The molecule has 5 heterocycles. The topological polar surface area (TPSA) is 118 Å². The summed E-state index contributed by atoms with van der Waals surface area (Å²) in [5.41, 5.74) is 3.97. The monoisotopic (exact) mass is 551 g/mol. The number of carbonyl (C=O) groups excluding carboxylic acids is 3. The molecule has 3 amide bonds. The molecule has 1 saturated heterocycles. The molecule has 2 aromatic heterocycles. The summed E-state index contributed by atoms with van der Waals surface area (Å²) in [6.45, 7) is 3.66. The van der Waals surface area contributed by atoms with Crippen LogP contribution in [-0.2, 0) is 17.8 Å². The molecule has 0 spiro atoms. The lowest BCUT2D eigenvalue weighted by Gasteiger charge is -2.28. The van der Waals surface area contributed by atoms with Gasteiger partial charge in [-0.25, -0.2) is 4.79 Å². The fraction of sp³-hybridized carbons (Fsp3) is 0.323. The van der Waals surface area contributed by atoms with Crippen LogP contribution in [0, 0.1) is 0 Å². The summed E-state index contributed by atoms with van der Waals surface area (Å²) in [5, 5.41) is 20.0. The average molecular weight is 552 g/mol. The summed E-state index contributed by atoms with van der Waals surface area (Å²) in [4.78, 5) is 41.8. The Kier molecular flexibility index (Phi) is 5.38. The molecule has 2 atom stereocenters. The van der Waals surface area contributed by atoms with E-state index < -0.39 is 30.1 Å². The van der Waals surface area contributed by atoms with Crippen molar-refractivity contribution in [2.45, 2.75) is 38.1 Å². The Morgan fingerprint density at radius 2 is 1.44 bits per heavy atom. The van der Waals surface area contributed by atoms with E-state index in [9.17, 15) is 19.5 Å². The van der Waals surface area contributed by atoms with Gasteiger partial charge in [-0.1, -0.05) is 36.4 Å². The van der Waals surface area contributed by atoms with Crippen LogP contribution in [0.3, 0.4) is 0 Å². The number of hydrogen-bond donors (Lipinski definition) is 3. The van der Waals surface area contributed by atoms with Gasteiger partial charge in [0.05, 0.1) is 35.2 Å². The minimum atomic E-state index is -1.02. The maximum absolute atomic E-state index is 13.3. The third kappa shape index (κ3) is 3.53. The second-order valence-electron chi connectivity index (χ2n) is 11.2. The summed E-state index contributed by atoms with van der Waals surface area (Å²) in [5.74, 6) is -0.833. The van der Waals surface area contributed by atoms with Gasteiger partial charge in [-0.05, 0) is 38.1 Å². The van der Waals surface area contributed by atoms with E-state index >= 15 is 0 Å². The van der Waals surface area contributed by atoms with E-state index in [0.717, 1.165) is 52.5 Å². The highest BCUT2D eigenvalue weighted by Crippen LogP contribution is 2.45. The Morgan fingerprint density at radius 1 is 0.878 bits per heavy atom. The predicted molar refractivity (Wildman–Crippen MR) is 154 cm³/mol. The highest BCUT2D eigenvalue weighted by atomic mass is 16.6. The molecule has 208 valence electrons. The number of alkyl carbamates (subject to hydrolysis) is 1. The lowest BCUT2D eigenvalue weighted by atomic mass is 9.96. The second-order valence-corrected chi connectivity index (χ2v) is 11.2. The molecule has 2 unspecified atom stereocenters. The van der Waals surface area contributed by atoms with Crippen molar-refractivity contribution in [3.63, 3.8) is 0 Å². The fourth-order valence-electron chi connectivity index (χ4n) is 7.14. The van der Waals surface area contributed by atoms with E-state index in [1.54, 1.807) is 0 Å². The third-order valence-corrected chi connectivity index (χ3v) is 8.91. The number of fused-ring (bicyclic) bond motifs is 9. The van der Waals surface area contributed by atoms with Gasteiger partial charge in [0.25, 0.3) is 11.8 Å². The summed E-state index contributed by atoms with van der Waals surface area (Å²) in [6.07, 6.45) is -0.0804. The van der Waals surface area contributed by atoms with Gasteiger partial charge in [-0.3, -0.25) is 14.9 Å². The number of rotatable bonds is 4. The van der Waals surface area contributed by atoms with Crippen LogP contribution in [0.1, 0.15) is 33.6 Å². The Morgan fingerprint density at radius 3 is 2.05 bits per heavy atom. The lowest BCUT2D eigenvalue weighted by Crippen LogP contribution is -2.42. The Labute approximate surface area is 234 Å². The minimum Gasteiger partial charge on any atom is -0.441 e. The minimum absolute atomic E-state index is 0.153. The highest BCUT2D eigenvalue weighted by molar-refractivity contribution is 6.39. The van der Waals surface area contributed by atoms with Crippen LogP contribution in [0.5, 0.6) is 0 Å². The SMILES string of the molecule is O=C(NCCN1CCCC1)OC1Cn2c3ccccc3c3c4c(c5c6ccccc6n(c5c32)CC1O)C(=O)NC4=O. The Bertz CT molecular complexity index is 1930. The first-order chi connectivity index (χ1) is 20.0. The smallest absolute Gasteiger partial charge is 0.407 e. The van der Waals surface area contributed by atoms with Crippen molar-refractivity contribution >= 4 is 61.5 Å². The second kappa shape index (κ2) is 9.05. The molecule has 41 heavy (non-hydrogen) atoms. The quantitative estimate of drug-likeness (QED) is 0.295. The fourth-order valence-corrected chi connectivity index (χ4v) is 7.14. The van der Waals surface area contributed by atoms with Gasteiger partial charge in [-0.2, -0.15) is 0 Å². The zero-order valence-corrected chi connectivity index (χ0v) is 22.4. The summed E-state index contributed by atoms with van der Waals surface area (Å²) < 4.78 is 9.93. The molecule has 5 aromatic rings. The van der Waals surface area contributed by atoms with E-state index in [-0.39, 0.29) is 13.1 Å². The summed E-state index contributed by atoms with van der Waals surface area (Å²) in [6, 6.07) is 15.4. The van der Waals surface area contributed by atoms with Crippen LogP contribution < -0.4 is 10.6 Å².